The third-order valence-electron chi connectivity index (χ3n) is 1.30. The summed E-state index contributed by atoms with van der Waals surface area (Å²) >= 11 is 0. The van der Waals surface area contributed by atoms with Crippen molar-refractivity contribution in [3.63, 3.8) is 0 Å². The highest BCUT2D eigenvalue weighted by atomic mass is 15.5. The summed E-state index contributed by atoms with van der Waals surface area (Å²) in [5.74, 6) is 0.780. The molecule has 2 heteroatoms. The molecule has 0 aromatic heterocycles. The molecule has 10 heavy (non-hydrogen) atoms. The van der Waals surface area contributed by atoms with E-state index in [1.165, 1.54) is 6.42 Å². The Morgan fingerprint density at radius 3 is 2.00 bits per heavy atom. The number of hydrogen-bond donors (Lipinski definition) is 1. The topological polar surface area (TPSA) is 15.3 Å². The van der Waals surface area contributed by atoms with E-state index in [-0.39, 0.29) is 0 Å². The Hall–Kier alpha value is -0.0800. The largest absolute Gasteiger partial charge is 0.253 e. The highest BCUT2D eigenvalue weighted by Crippen LogP contribution is 2.03. The van der Waals surface area contributed by atoms with Crippen LogP contribution in [0, 0.1) is 5.92 Å². The smallest absolute Gasteiger partial charge is 0.0189 e. The lowest BCUT2D eigenvalue weighted by molar-refractivity contribution is 0.232. The molecule has 1 unspecified atom stereocenters. The second-order valence-corrected chi connectivity index (χ2v) is 3.55. The van der Waals surface area contributed by atoms with Gasteiger partial charge >= 0.3 is 0 Å². The van der Waals surface area contributed by atoms with Crippen LogP contribution in [-0.4, -0.2) is 25.1 Å². The van der Waals surface area contributed by atoms with E-state index in [0.29, 0.717) is 6.04 Å². The minimum atomic E-state index is 0.593. The summed E-state index contributed by atoms with van der Waals surface area (Å²) in [5.41, 5.74) is 3.31. The van der Waals surface area contributed by atoms with Crippen molar-refractivity contribution in [2.45, 2.75) is 33.2 Å². The molecule has 0 saturated carbocycles. The van der Waals surface area contributed by atoms with Gasteiger partial charge in [0.2, 0.25) is 0 Å². The molecule has 0 radical (unpaired) electrons. The van der Waals surface area contributed by atoms with Gasteiger partial charge in [0.05, 0.1) is 0 Å². The van der Waals surface area contributed by atoms with Gasteiger partial charge in [0.1, 0.15) is 0 Å². The lowest BCUT2D eigenvalue weighted by Gasteiger charge is -2.20. The highest BCUT2D eigenvalue weighted by molar-refractivity contribution is 4.58. The molecule has 0 aromatic carbocycles. The van der Waals surface area contributed by atoms with Gasteiger partial charge in [0, 0.05) is 20.1 Å². The van der Waals surface area contributed by atoms with Gasteiger partial charge in [-0.1, -0.05) is 13.8 Å². The maximum Gasteiger partial charge on any atom is 0.0189 e. The van der Waals surface area contributed by atoms with Crippen LogP contribution in [0.2, 0.25) is 0 Å². The fourth-order valence-electron chi connectivity index (χ4n) is 1.20. The zero-order chi connectivity index (χ0) is 8.15. The molecule has 62 valence electrons. The lowest BCUT2D eigenvalue weighted by atomic mass is 10.1. The van der Waals surface area contributed by atoms with Crippen LogP contribution in [0.15, 0.2) is 0 Å². The van der Waals surface area contributed by atoms with E-state index in [1.807, 2.05) is 19.1 Å². The molecule has 0 amide bonds. The Bertz CT molecular complexity index is 69.3. The third-order valence-corrected chi connectivity index (χ3v) is 1.30. The van der Waals surface area contributed by atoms with Crippen LogP contribution in [0.4, 0.5) is 0 Å². The Labute approximate surface area is 64.6 Å². The Balaban J connectivity index is 3.34. The van der Waals surface area contributed by atoms with Crippen LogP contribution < -0.4 is 5.43 Å². The zero-order valence-corrected chi connectivity index (χ0v) is 7.81. The van der Waals surface area contributed by atoms with Gasteiger partial charge in [-0.25, -0.2) is 0 Å². The summed E-state index contributed by atoms with van der Waals surface area (Å²) in [6, 6.07) is 0.593. The SMILES string of the molecule is CC(C)CC(C)NN(C)C. The van der Waals surface area contributed by atoms with Crippen LogP contribution in [0.1, 0.15) is 27.2 Å². The molecule has 0 bridgehead atoms. The predicted octanol–water partition coefficient (Wildman–Crippen LogP) is 1.49. The first kappa shape index (κ1) is 9.92. The number of nitrogens with one attached hydrogen (secondary N) is 1. The van der Waals surface area contributed by atoms with E-state index >= 15 is 0 Å². The highest BCUT2D eigenvalue weighted by Gasteiger charge is 2.03. The number of hydrogen-bond acceptors (Lipinski definition) is 2. The van der Waals surface area contributed by atoms with Crippen molar-refractivity contribution in [2.75, 3.05) is 14.1 Å². The summed E-state index contributed by atoms with van der Waals surface area (Å²) in [6.07, 6.45) is 1.23. The molecular weight excluding hydrogens is 124 g/mol. The van der Waals surface area contributed by atoms with E-state index in [2.05, 4.69) is 26.2 Å². The second kappa shape index (κ2) is 4.69. The summed E-state index contributed by atoms with van der Waals surface area (Å²) in [5, 5.41) is 2.01. The molecule has 2 nitrogen and oxygen atoms in total. The van der Waals surface area contributed by atoms with Gasteiger partial charge in [-0.05, 0) is 19.3 Å². The molecule has 0 aliphatic heterocycles. The zero-order valence-electron chi connectivity index (χ0n) is 7.81. The van der Waals surface area contributed by atoms with E-state index in [4.69, 9.17) is 0 Å². The van der Waals surface area contributed by atoms with Crippen LogP contribution in [-0.2, 0) is 0 Å². The van der Waals surface area contributed by atoms with Gasteiger partial charge in [-0.15, -0.1) is 0 Å². The van der Waals surface area contributed by atoms with E-state index in [9.17, 15) is 0 Å². The van der Waals surface area contributed by atoms with Gasteiger partial charge < -0.3 is 0 Å². The molecular formula is C8H20N2. The predicted molar refractivity (Wildman–Crippen MR) is 45.7 cm³/mol. The Morgan fingerprint density at radius 2 is 1.70 bits per heavy atom. The second-order valence-electron chi connectivity index (χ2n) is 3.55. The molecule has 0 fully saturated rings. The van der Waals surface area contributed by atoms with Crippen molar-refractivity contribution < 1.29 is 0 Å². The fraction of sp³-hybridized carbons (Fsp3) is 1.00. The summed E-state index contributed by atoms with van der Waals surface area (Å²) < 4.78 is 0. The fourth-order valence-corrected chi connectivity index (χ4v) is 1.20. The van der Waals surface area contributed by atoms with Crippen molar-refractivity contribution >= 4 is 0 Å². The summed E-state index contributed by atoms with van der Waals surface area (Å²) in [6.45, 7) is 6.70. The first-order valence-corrected chi connectivity index (χ1v) is 3.96. The van der Waals surface area contributed by atoms with Crippen LogP contribution in [0.5, 0.6) is 0 Å². The van der Waals surface area contributed by atoms with Gasteiger partial charge in [0.25, 0.3) is 0 Å². The summed E-state index contributed by atoms with van der Waals surface area (Å²) in [4.78, 5) is 0. The number of hydrazine groups is 1. The molecule has 0 spiro atoms. The summed E-state index contributed by atoms with van der Waals surface area (Å²) in [7, 11) is 4.05. The van der Waals surface area contributed by atoms with Gasteiger partial charge in [-0.3, -0.25) is 10.4 Å². The normalized spacial score (nSPS) is 14.7. The maximum absolute atomic E-state index is 3.31. The molecule has 0 heterocycles. The van der Waals surface area contributed by atoms with Crippen molar-refractivity contribution in [3.05, 3.63) is 0 Å². The minimum absolute atomic E-state index is 0.593. The molecule has 0 aromatic rings. The van der Waals surface area contributed by atoms with Crippen molar-refractivity contribution in [1.82, 2.24) is 10.4 Å². The van der Waals surface area contributed by atoms with Gasteiger partial charge in [-0.2, -0.15) is 0 Å². The molecule has 0 aliphatic carbocycles. The molecule has 0 saturated heterocycles. The van der Waals surface area contributed by atoms with E-state index < -0.39 is 0 Å². The van der Waals surface area contributed by atoms with E-state index in [1.54, 1.807) is 0 Å². The standard InChI is InChI=1S/C8H20N2/c1-7(2)6-8(3)9-10(4)5/h7-9H,6H2,1-5H3. The van der Waals surface area contributed by atoms with Crippen molar-refractivity contribution in [1.29, 1.82) is 0 Å². The number of rotatable bonds is 4. The molecule has 0 rings (SSSR count). The van der Waals surface area contributed by atoms with Crippen LogP contribution in [0.25, 0.3) is 0 Å². The molecule has 0 aliphatic rings. The van der Waals surface area contributed by atoms with Gasteiger partial charge in [0.15, 0.2) is 0 Å². The first-order valence-electron chi connectivity index (χ1n) is 3.96. The van der Waals surface area contributed by atoms with Crippen LogP contribution >= 0.6 is 0 Å². The van der Waals surface area contributed by atoms with Crippen LogP contribution in [0.3, 0.4) is 0 Å². The lowest BCUT2D eigenvalue weighted by Crippen LogP contribution is -2.38. The average molecular weight is 144 g/mol. The first-order chi connectivity index (χ1) is 4.52. The van der Waals surface area contributed by atoms with Crippen molar-refractivity contribution in [3.8, 4) is 0 Å². The minimum Gasteiger partial charge on any atom is -0.253 e. The molecule has 1 atom stereocenters. The molecule has 1 N–H and O–H groups in total. The van der Waals surface area contributed by atoms with E-state index in [0.717, 1.165) is 5.92 Å². The average Bonchev–Trinajstić information content (AvgIpc) is 1.58. The quantitative estimate of drug-likeness (QED) is 0.601. The maximum atomic E-state index is 3.31. The van der Waals surface area contributed by atoms with Crippen molar-refractivity contribution in [2.24, 2.45) is 5.92 Å². The third kappa shape index (κ3) is 6.05. The number of nitrogens with zero attached hydrogens (tertiary/aromatic N) is 1. The Morgan fingerprint density at radius 1 is 1.20 bits per heavy atom. The Kier molecular flexibility index (Phi) is 4.65. The monoisotopic (exact) mass is 144 g/mol.